The van der Waals surface area contributed by atoms with Gasteiger partial charge in [0.1, 0.15) is 0 Å². The van der Waals surface area contributed by atoms with Gasteiger partial charge in [-0.1, -0.05) is 17.0 Å². The zero-order valence-electron chi connectivity index (χ0n) is 11.5. The molecule has 0 spiro atoms. The maximum atomic E-state index is 12.2. The SMILES string of the molecule is O=C(CSc1ncccn1)N1CCC(n2ccnn2)CC1. The van der Waals surface area contributed by atoms with Crippen LogP contribution < -0.4 is 0 Å². The Kier molecular flexibility index (Phi) is 4.44. The fourth-order valence-corrected chi connectivity index (χ4v) is 3.08. The van der Waals surface area contributed by atoms with E-state index in [0.717, 1.165) is 25.9 Å². The lowest BCUT2D eigenvalue weighted by Crippen LogP contribution is -2.40. The van der Waals surface area contributed by atoms with Crippen molar-refractivity contribution in [3.63, 3.8) is 0 Å². The average molecular weight is 304 g/mol. The molecule has 3 heterocycles. The van der Waals surface area contributed by atoms with Gasteiger partial charge in [0.25, 0.3) is 0 Å². The lowest BCUT2D eigenvalue weighted by atomic mass is 10.1. The van der Waals surface area contributed by atoms with Crippen molar-refractivity contribution in [3.8, 4) is 0 Å². The Balaban J connectivity index is 1.47. The van der Waals surface area contributed by atoms with Crippen molar-refractivity contribution in [2.75, 3.05) is 18.8 Å². The van der Waals surface area contributed by atoms with Gasteiger partial charge in [-0.25, -0.2) is 14.6 Å². The molecule has 1 fully saturated rings. The second-order valence-electron chi connectivity index (χ2n) is 4.82. The average Bonchev–Trinajstić information content (AvgIpc) is 3.08. The van der Waals surface area contributed by atoms with E-state index in [0.29, 0.717) is 17.0 Å². The summed E-state index contributed by atoms with van der Waals surface area (Å²) in [5.41, 5.74) is 0. The van der Waals surface area contributed by atoms with E-state index in [1.807, 2.05) is 15.8 Å². The van der Waals surface area contributed by atoms with Crippen LogP contribution >= 0.6 is 11.8 Å². The van der Waals surface area contributed by atoms with E-state index in [-0.39, 0.29) is 5.91 Å². The lowest BCUT2D eigenvalue weighted by Gasteiger charge is -2.31. The first-order valence-electron chi connectivity index (χ1n) is 6.86. The molecule has 3 rings (SSSR count). The summed E-state index contributed by atoms with van der Waals surface area (Å²) in [5, 5.41) is 8.50. The standard InChI is InChI=1S/C13H16N6OS/c20-12(10-21-13-14-4-1-5-15-13)18-7-2-11(3-8-18)19-9-6-16-17-19/h1,4-6,9,11H,2-3,7-8,10H2. The minimum atomic E-state index is 0.143. The van der Waals surface area contributed by atoms with Crippen molar-refractivity contribution in [1.82, 2.24) is 29.9 Å². The molecule has 0 radical (unpaired) electrons. The van der Waals surface area contributed by atoms with Crippen LogP contribution in [0.2, 0.25) is 0 Å². The van der Waals surface area contributed by atoms with Gasteiger partial charge in [-0.15, -0.1) is 5.10 Å². The number of hydrogen-bond donors (Lipinski definition) is 0. The number of carbonyl (C=O) groups excluding carboxylic acids is 1. The summed E-state index contributed by atoms with van der Waals surface area (Å²) in [6, 6.07) is 2.11. The maximum absolute atomic E-state index is 12.2. The van der Waals surface area contributed by atoms with Crippen molar-refractivity contribution < 1.29 is 4.79 Å². The zero-order valence-corrected chi connectivity index (χ0v) is 12.3. The van der Waals surface area contributed by atoms with Crippen LogP contribution in [0.3, 0.4) is 0 Å². The molecule has 2 aromatic rings. The fraction of sp³-hybridized carbons (Fsp3) is 0.462. The third-order valence-electron chi connectivity index (χ3n) is 3.50. The number of thioether (sulfide) groups is 1. The molecule has 1 aliphatic rings. The van der Waals surface area contributed by atoms with Crippen LogP contribution in [0.1, 0.15) is 18.9 Å². The Morgan fingerprint density at radius 1 is 1.24 bits per heavy atom. The minimum absolute atomic E-state index is 0.143. The van der Waals surface area contributed by atoms with Crippen molar-refractivity contribution in [2.45, 2.75) is 24.0 Å². The largest absolute Gasteiger partial charge is 0.342 e. The summed E-state index contributed by atoms with van der Waals surface area (Å²) in [6.45, 7) is 1.53. The van der Waals surface area contributed by atoms with Gasteiger partial charge >= 0.3 is 0 Å². The predicted molar refractivity (Wildman–Crippen MR) is 77.6 cm³/mol. The van der Waals surface area contributed by atoms with Gasteiger partial charge < -0.3 is 4.90 Å². The van der Waals surface area contributed by atoms with Crippen molar-refractivity contribution in [1.29, 1.82) is 0 Å². The monoisotopic (exact) mass is 304 g/mol. The highest BCUT2D eigenvalue weighted by molar-refractivity contribution is 7.99. The number of piperidine rings is 1. The van der Waals surface area contributed by atoms with Gasteiger partial charge in [-0.2, -0.15) is 0 Å². The number of carbonyl (C=O) groups is 1. The molecule has 1 aliphatic heterocycles. The number of rotatable bonds is 4. The molecule has 0 N–H and O–H groups in total. The Morgan fingerprint density at radius 3 is 2.67 bits per heavy atom. The molecule has 0 bridgehead atoms. The minimum Gasteiger partial charge on any atom is -0.342 e. The highest BCUT2D eigenvalue weighted by Gasteiger charge is 2.24. The lowest BCUT2D eigenvalue weighted by molar-refractivity contribution is -0.129. The number of aromatic nitrogens is 5. The summed E-state index contributed by atoms with van der Waals surface area (Å²) in [5.74, 6) is 0.530. The summed E-state index contributed by atoms with van der Waals surface area (Å²) < 4.78 is 1.88. The molecular formula is C13H16N6OS. The quantitative estimate of drug-likeness (QED) is 0.620. The van der Waals surface area contributed by atoms with E-state index in [1.54, 1.807) is 24.7 Å². The predicted octanol–water partition coefficient (Wildman–Crippen LogP) is 1.02. The van der Waals surface area contributed by atoms with E-state index in [9.17, 15) is 4.79 Å². The summed E-state index contributed by atoms with van der Waals surface area (Å²) in [4.78, 5) is 22.3. The molecule has 0 aromatic carbocycles. The van der Waals surface area contributed by atoms with Gasteiger partial charge in [0.2, 0.25) is 5.91 Å². The van der Waals surface area contributed by atoms with Gasteiger partial charge in [-0.3, -0.25) is 4.79 Å². The first-order chi connectivity index (χ1) is 10.3. The molecule has 110 valence electrons. The van der Waals surface area contributed by atoms with E-state index in [2.05, 4.69) is 20.3 Å². The molecule has 0 saturated carbocycles. The van der Waals surface area contributed by atoms with Crippen LogP contribution in [0.5, 0.6) is 0 Å². The Labute approximate surface area is 126 Å². The molecule has 7 nitrogen and oxygen atoms in total. The van der Waals surface area contributed by atoms with Crippen LogP contribution in [-0.2, 0) is 4.79 Å². The Hall–Kier alpha value is -1.96. The van der Waals surface area contributed by atoms with E-state index < -0.39 is 0 Å². The second kappa shape index (κ2) is 6.66. The number of amides is 1. The summed E-state index contributed by atoms with van der Waals surface area (Å²) in [7, 11) is 0. The third-order valence-corrected chi connectivity index (χ3v) is 4.36. The van der Waals surface area contributed by atoms with E-state index >= 15 is 0 Å². The highest BCUT2D eigenvalue weighted by Crippen LogP contribution is 2.22. The van der Waals surface area contributed by atoms with E-state index in [4.69, 9.17) is 0 Å². The van der Waals surface area contributed by atoms with Crippen molar-refractivity contribution >= 4 is 17.7 Å². The highest BCUT2D eigenvalue weighted by atomic mass is 32.2. The number of nitrogens with zero attached hydrogens (tertiary/aromatic N) is 6. The van der Waals surface area contributed by atoms with Crippen LogP contribution in [-0.4, -0.2) is 54.6 Å². The van der Waals surface area contributed by atoms with Gasteiger partial charge in [0, 0.05) is 31.7 Å². The Morgan fingerprint density at radius 2 is 2.00 bits per heavy atom. The molecule has 2 aromatic heterocycles. The molecular weight excluding hydrogens is 288 g/mol. The molecule has 21 heavy (non-hydrogen) atoms. The third kappa shape index (κ3) is 3.57. The number of likely N-dealkylation sites (tertiary alicyclic amines) is 1. The molecule has 1 amide bonds. The second-order valence-corrected chi connectivity index (χ2v) is 5.76. The number of hydrogen-bond acceptors (Lipinski definition) is 6. The Bertz CT molecular complexity index is 568. The maximum Gasteiger partial charge on any atom is 0.233 e. The first kappa shape index (κ1) is 14.0. The van der Waals surface area contributed by atoms with Crippen LogP contribution in [0.25, 0.3) is 0 Å². The smallest absolute Gasteiger partial charge is 0.233 e. The normalized spacial score (nSPS) is 16.1. The topological polar surface area (TPSA) is 76.8 Å². The van der Waals surface area contributed by atoms with Crippen LogP contribution in [0.4, 0.5) is 0 Å². The summed E-state index contributed by atoms with van der Waals surface area (Å²) in [6.07, 6.45) is 8.77. The van der Waals surface area contributed by atoms with Crippen LogP contribution in [0, 0.1) is 0 Å². The van der Waals surface area contributed by atoms with Gasteiger partial charge in [-0.05, 0) is 18.9 Å². The molecule has 0 atom stereocenters. The fourth-order valence-electron chi connectivity index (χ4n) is 2.37. The summed E-state index contributed by atoms with van der Waals surface area (Å²) >= 11 is 1.38. The van der Waals surface area contributed by atoms with Crippen LogP contribution in [0.15, 0.2) is 36.0 Å². The molecule has 0 unspecified atom stereocenters. The van der Waals surface area contributed by atoms with Crippen molar-refractivity contribution in [3.05, 3.63) is 30.9 Å². The van der Waals surface area contributed by atoms with E-state index in [1.165, 1.54) is 11.8 Å². The molecule has 0 aliphatic carbocycles. The van der Waals surface area contributed by atoms with Gasteiger partial charge in [0.15, 0.2) is 5.16 Å². The first-order valence-corrected chi connectivity index (χ1v) is 7.85. The molecule has 1 saturated heterocycles. The van der Waals surface area contributed by atoms with Crippen molar-refractivity contribution in [2.24, 2.45) is 0 Å². The zero-order chi connectivity index (χ0) is 14.5. The molecule has 8 heteroatoms. The van der Waals surface area contributed by atoms with Gasteiger partial charge in [0.05, 0.1) is 18.0 Å².